The molecule has 2 saturated carbocycles. The SMILES string of the molecule is CCOC(=O)C1(C)CCC(n2ncc(C(=O)N(CC(=O)c3c(Cl)cccc3Cl)CC3(C)CCC3)c2C(F)(F)F)CC1. The molecule has 1 amide bonds. The van der Waals surface area contributed by atoms with Gasteiger partial charge in [-0.1, -0.05) is 42.6 Å². The van der Waals surface area contributed by atoms with Gasteiger partial charge < -0.3 is 9.64 Å². The number of hydrogen-bond acceptors (Lipinski definition) is 5. The molecule has 1 aromatic carbocycles. The van der Waals surface area contributed by atoms with Gasteiger partial charge in [-0.3, -0.25) is 19.1 Å². The summed E-state index contributed by atoms with van der Waals surface area (Å²) >= 11 is 12.4. The molecule has 0 spiro atoms. The van der Waals surface area contributed by atoms with Crippen LogP contribution in [0.2, 0.25) is 10.0 Å². The van der Waals surface area contributed by atoms with Gasteiger partial charge >= 0.3 is 12.1 Å². The van der Waals surface area contributed by atoms with E-state index in [-0.39, 0.29) is 53.0 Å². The van der Waals surface area contributed by atoms with Crippen LogP contribution in [0.4, 0.5) is 13.2 Å². The van der Waals surface area contributed by atoms with Crippen LogP contribution in [0.15, 0.2) is 24.4 Å². The molecule has 0 unspecified atom stereocenters. The fraction of sp³-hybridized carbons (Fsp3) is 0.586. The molecular formula is C29H34Cl2F3N3O4. The van der Waals surface area contributed by atoms with E-state index < -0.39 is 47.1 Å². The number of amides is 1. The maximum absolute atomic E-state index is 14.5. The van der Waals surface area contributed by atoms with Gasteiger partial charge in [-0.05, 0) is 69.9 Å². The average Bonchev–Trinajstić information content (AvgIpc) is 3.33. The van der Waals surface area contributed by atoms with E-state index in [1.807, 2.05) is 6.92 Å². The maximum Gasteiger partial charge on any atom is 0.433 e. The van der Waals surface area contributed by atoms with Gasteiger partial charge in [-0.15, -0.1) is 0 Å². The van der Waals surface area contributed by atoms with Gasteiger partial charge in [0, 0.05) is 6.54 Å². The molecule has 0 saturated heterocycles. The molecule has 12 heteroatoms. The van der Waals surface area contributed by atoms with Crippen LogP contribution in [-0.4, -0.2) is 52.0 Å². The Morgan fingerprint density at radius 1 is 1.10 bits per heavy atom. The molecule has 7 nitrogen and oxygen atoms in total. The van der Waals surface area contributed by atoms with E-state index in [2.05, 4.69) is 5.10 Å². The first kappa shape index (κ1) is 31.3. The number of ether oxygens (including phenoxy) is 1. The lowest BCUT2D eigenvalue weighted by Crippen LogP contribution is -2.46. The molecule has 0 N–H and O–H groups in total. The van der Waals surface area contributed by atoms with Crippen molar-refractivity contribution < 1.29 is 32.3 Å². The average molecular weight is 617 g/mol. The number of nitrogens with zero attached hydrogens (tertiary/aromatic N) is 3. The number of halogens is 5. The highest BCUT2D eigenvalue weighted by Crippen LogP contribution is 2.45. The Bertz CT molecular complexity index is 1290. The van der Waals surface area contributed by atoms with Gasteiger partial charge in [0.2, 0.25) is 0 Å². The molecule has 4 rings (SSSR count). The van der Waals surface area contributed by atoms with Crippen molar-refractivity contribution in [1.82, 2.24) is 14.7 Å². The van der Waals surface area contributed by atoms with Crippen molar-refractivity contribution in [2.75, 3.05) is 19.7 Å². The quantitative estimate of drug-likeness (QED) is 0.217. The molecule has 1 aromatic heterocycles. The number of alkyl halides is 3. The summed E-state index contributed by atoms with van der Waals surface area (Å²) in [6.07, 6.45) is -0.268. The van der Waals surface area contributed by atoms with E-state index in [1.54, 1.807) is 19.9 Å². The molecule has 2 aliphatic rings. The third-order valence-electron chi connectivity index (χ3n) is 8.46. The Morgan fingerprint density at radius 3 is 2.22 bits per heavy atom. The van der Waals surface area contributed by atoms with E-state index in [4.69, 9.17) is 27.9 Å². The van der Waals surface area contributed by atoms with Crippen LogP contribution in [0.5, 0.6) is 0 Å². The van der Waals surface area contributed by atoms with E-state index in [0.29, 0.717) is 12.8 Å². The summed E-state index contributed by atoms with van der Waals surface area (Å²) in [7, 11) is 0. The summed E-state index contributed by atoms with van der Waals surface area (Å²) < 4.78 is 49.7. The number of carbonyl (C=O) groups is 3. The Hall–Kier alpha value is -2.59. The molecule has 41 heavy (non-hydrogen) atoms. The molecule has 224 valence electrons. The van der Waals surface area contributed by atoms with Gasteiger partial charge in [-0.2, -0.15) is 18.3 Å². The number of Topliss-reactive ketones (excluding diaryl/α,β-unsaturated/α-hetero) is 1. The number of hydrogen-bond donors (Lipinski definition) is 0. The number of aromatic nitrogens is 2. The van der Waals surface area contributed by atoms with Crippen molar-refractivity contribution in [3.05, 3.63) is 51.3 Å². The first-order valence-corrected chi connectivity index (χ1v) is 14.5. The minimum absolute atomic E-state index is 0.0194. The number of carbonyl (C=O) groups excluding carboxylic acids is 3. The standard InChI is InChI=1S/C29H34Cl2F3N3O4/c1-4-41-26(40)28(3)13-9-18(10-14-28)37-24(29(32,33)34)19(15-35-37)25(39)36(17-27(2)11-6-12-27)16-22(38)23-20(30)7-5-8-21(23)31/h5,7-8,15,18H,4,6,9-14,16-17H2,1-3H3. The van der Waals surface area contributed by atoms with Crippen LogP contribution >= 0.6 is 23.2 Å². The summed E-state index contributed by atoms with van der Waals surface area (Å²) in [5.74, 6) is -1.86. The fourth-order valence-electron chi connectivity index (χ4n) is 5.86. The second kappa shape index (κ2) is 12.0. The molecule has 2 fully saturated rings. The van der Waals surface area contributed by atoms with Crippen molar-refractivity contribution >= 4 is 40.9 Å². The van der Waals surface area contributed by atoms with Crippen LogP contribution in [0.1, 0.15) is 98.2 Å². The van der Waals surface area contributed by atoms with Gasteiger partial charge in [0.15, 0.2) is 11.5 Å². The highest BCUT2D eigenvalue weighted by Gasteiger charge is 2.46. The Balaban J connectivity index is 1.64. The van der Waals surface area contributed by atoms with E-state index in [9.17, 15) is 27.6 Å². The molecule has 2 aromatic rings. The van der Waals surface area contributed by atoms with E-state index >= 15 is 0 Å². The fourth-order valence-corrected chi connectivity index (χ4v) is 6.47. The zero-order valence-corrected chi connectivity index (χ0v) is 24.8. The third-order valence-corrected chi connectivity index (χ3v) is 9.09. The highest BCUT2D eigenvalue weighted by molar-refractivity contribution is 6.40. The van der Waals surface area contributed by atoms with Crippen LogP contribution in [0.3, 0.4) is 0 Å². The maximum atomic E-state index is 14.5. The lowest BCUT2D eigenvalue weighted by molar-refractivity contribution is -0.157. The van der Waals surface area contributed by atoms with Crippen molar-refractivity contribution in [3.8, 4) is 0 Å². The molecule has 0 aliphatic heterocycles. The monoisotopic (exact) mass is 615 g/mol. The first-order chi connectivity index (χ1) is 19.2. The summed E-state index contributed by atoms with van der Waals surface area (Å²) in [6, 6.07) is 3.90. The lowest BCUT2D eigenvalue weighted by atomic mass is 9.70. The summed E-state index contributed by atoms with van der Waals surface area (Å²) in [6.45, 7) is 5.24. The van der Waals surface area contributed by atoms with Crippen molar-refractivity contribution in [2.45, 2.75) is 77.9 Å². The Morgan fingerprint density at radius 2 is 1.71 bits per heavy atom. The van der Waals surface area contributed by atoms with Crippen molar-refractivity contribution in [2.24, 2.45) is 10.8 Å². The highest BCUT2D eigenvalue weighted by atomic mass is 35.5. The lowest BCUT2D eigenvalue weighted by Gasteiger charge is -2.42. The van der Waals surface area contributed by atoms with Gasteiger partial charge in [0.25, 0.3) is 5.91 Å². The van der Waals surface area contributed by atoms with Gasteiger partial charge in [0.05, 0.1) is 52.0 Å². The summed E-state index contributed by atoms with van der Waals surface area (Å²) in [5, 5.41) is 4.24. The van der Waals surface area contributed by atoms with Crippen LogP contribution in [-0.2, 0) is 15.7 Å². The van der Waals surface area contributed by atoms with Crippen molar-refractivity contribution in [3.63, 3.8) is 0 Å². The van der Waals surface area contributed by atoms with Crippen LogP contribution in [0, 0.1) is 10.8 Å². The molecule has 0 radical (unpaired) electrons. The third kappa shape index (κ3) is 6.58. The number of benzene rings is 1. The summed E-state index contributed by atoms with van der Waals surface area (Å²) in [4.78, 5) is 40.7. The van der Waals surface area contributed by atoms with E-state index in [1.165, 1.54) is 12.1 Å². The van der Waals surface area contributed by atoms with E-state index in [0.717, 1.165) is 35.0 Å². The molecule has 0 bridgehead atoms. The van der Waals surface area contributed by atoms with Crippen molar-refractivity contribution in [1.29, 1.82) is 0 Å². The molecule has 0 atom stereocenters. The molecule has 1 heterocycles. The topological polar surface area (TPSA) is 81.5 Å². The normalized spacial score (nSPS) is 22.1. The Kier molecular flexibility index (Phi) is 9.14. The molecular weight excluding hydrogens is 582 g/mol. The second-order valence-corrected chi connectivity index (χ2v) is 12.5. The number of esters is 1. The van der Waals surface area contributed by atoms with Gasteiger partial charge in [-0.25, -0.2) is 0 Å². The largest absolute Gasteiger partial charge is 0.466 e. The van der Waals surface area contributed by atoms with Crippen LogP contribution < -0.4 is 0 Å². The number of rotatable bonds is 9. The Labute approximate surface area is 247 Å². The number of ketones is 1. The molecule has 2 aliphatic carbocycles. The predicted octanol–water partition coefficient (Wildman–Crippen LogP) is 7.41. The zero-order chi connectivity index (χ0) is 30.2. The minimum Gasteiger partial charge on any atom is -0.466 e. The van der Waals surface area contributed by atoms with Gasteiger partial charge in [0.1, 0.15) is 0 Å². The predicted molar refractivity (Wildman–Crippen MR) is 148 cm³/mol. The smallest absolute Gasteiger partial charge is 0.433 e. The first-order valence-electron chi connectivity index (χ1n) is 13.8. The summed E-state index contributed by atoms with van der Waals surface area (Å²) in [5.41, 5.74) is -2.86. The minimum atomic E-state index is -4.88. The zero-order valence-electron chi connectivity index (χ0n) is 23.3. The second-order valence-electron chi connectivity index (χ2n) is 11.7. The van der Waals surface area contributed by atoms with Crippen LogP contribution in [0.25, 0.3) is 0 Å².